The maximum Gasteiger partial charge on any atom is 0.255 e. The molecule has 44 heavy (non-hydrogen) atoms. The van der Waals surface area contributed by atoms with E-state index in [1.807, 2.05) is 31.2 Å². The first-order valence-corrected chi connectivity index (χ1v) is 15.3. The Morgan fingerprint density at radius 3 is 2.30 bits per heavy atom. The lowest BCUT2D eigenvalue weighted by Gasteiger charge is -2.22. The second-order valence-corrected chi connectivity index (χ2v) is 11.8. The van der Waals surface area contributed by atoms with Crippen molar-refractivity contribution in [1.82, 2.24) is 10.6 Å². The van der Waals surface area contributed by atoms with Gasteiger partial charge in [0.1, 0.15) is 11.5 Å². The molecule has 0 aromatic heterocycles. The van der Waals surface area contributed by atoms with E-state index < -0.39 is 6.10 Å². The average Bonchev–Trinajstić information content (AvgIpc) is 3.01. The van der Waals surface area contributed by atoms with E-state index >= 15 is 0 Å². The summed E-state index contributed by atoms with van der Waals surface area (Å²) in [6, 6.07) is 25.0. The third kappa shape index (κ3) is 8.97. The number of hydrogen-bond donors (Lipinski definition) is 6. The van der Waals surface area contributed by atoms with Crippen molar-refractivity contribution in [2.45, 2.75) is 50.9 Å². The number of para-hydroxylation sites is 1. The van der Waals surface area contributed by atoms with Crippen LogP contribution in [0.15, 0.2) is 84.9 Å². The van der Waals surface area contributed by atoms with E-state index in [9.17, 15) is 25.2 Å². The topological polar surface area (TPSA) is 122 Å². The summed E-state index contributed by atoms with van der Waals surface area (Å²) >= 11 is 13.1. The number of amides is 1. The van der Waals surface area contributed by atoms with Crippen LogP contribution in [-0.4, -0.2) is 45.5 Å². The first-order chi connectivity index (χ1) is 21.2. The molecule has 4 rings (SSSR count). The molecule has 3 atom stereocenters. The van der Waals surface area contributed by atoms with Gasteiger partial charge in [-0.15, -0.1) is 0 Å². The Morgan fingerprint density at radius 2 is 1.57 bits per heavy atom. The van der Waals surface area contributed by atoms with Crippen molar-refractivity contribution in [2.24, 2.45) is 0 Å². The molecule has 1 amide bonds. The van der Waals surface area contributed by atoms with Crippen LogP contribution < -0.4 is 10.6 Å². The molecule has 0 radical (unpaired) electrons. The first-order valence-electron chi connectivity index (χ1n) is 14.6. The van der Waals surface area contributed by atoms with Gasteiger partial charge in [-0.2, -0.15) is 0 Å². The van der Waals surface area contributed by atoms with Crippen molar-refractivity contribution in [3.8, 4) is 11.5 Å². The molecule has 0 aliphatic heterocycles. The number of phenolic OH excluding ortho intramolecular Hbond substituents is 1. The van der Waals surface area contributed by atoms with Gasteiger partial charge in [0.2, 0.25) is 0 Å². The molecule has 0 bridgehead atoms. The highest BCUT2D eigenvalue weighted by Crippen LogP contribution is 2.33. The number of carbonyl (C=O) groups excluding carboxylic acids is 1. The maximum atomic E-state index is 12.7. The van der Waals surface area contributed by atoms with E-state index in [0.717, 1.165) is 16.7 Å². The summed E-state index contributed by atoms with van der Waals surface area (Å²) in [7, 11) is 0. The van der Waals surface area contributed by atoms with E-state index in [2.05, 4.69) is 28.8 Å². The van der Waals surface area contributed by atoms with Crippen LogP contribution in [-0.2, 0) is 19.4 Å². The highest BCUT2D eigenvalue weighted by molar-refractivity contribution is 6.36. The largest absolute Gasteiger partial charge is 0.508 e. The van der Waals surface area contributed by atoms with E-state index in [4.69, 9.17) is 23.2 Å². The van der Waals surface area contributed by atoms with Crippen molar-refractivity contribution >= 4 is 29.1 Å². The number of carbonyl (C=O) groups is 1. The van der Waals surface area contributed by atoms with E-state index in [-0.39, 0.29) is 41.5 Å². The van der Waals surface area contributed by atoms with Crippen LogP contribution in [0.5, 0.6) is 11.5 Å². The van der Waals surface area contributed by atoms with E-state index in [0.29, 0.717) is 53.5 Å². The number of nitrogens with one attached hydrogen (secondary N) is 2. The van der Waals surface area contributed by atoms with Gasteiger partial charge in [-0.1, -0.05) is 71.7 Å². The van der Waals surface area contributed by atoms with Crippen LogP contribution in [0.2, 0.25) is 10.0 Å². The van der Waals surface area contributed by atoms with Gasteiger partial charge < -0.3 is 31.1 Å². The number of halogens is 2. The van der Waals surface area contributed by atoms with Crippen LogP contribution in [0.4, 0.5) is 0 Å². The summed E-state index contributed by atoms with van der Waals surface area (Å²) < 4.78 is 0. The van der Waals surface area contributed by atoms with Crippen LogP contribution in [0.1, 0.15) is 63.5 Å². The minimum Gasteiger partial charge on any atom is -0.508 e. The Bertz CT molecular complexity index is 1540. The third-order valence-corrected chi connectivity index (χ3v) is 8.43. The number of rotatable bonds is 14. The Balaban J connectivity index is 1.44. The smallest absolute Gasteiger partial charge is 0.255 e. The highest BCUT2D eigenvalue weighted by atomic mass is 35.5. The Labute approximate surface area is 268 Å². The molecule has 0 fully saturated rings. The zero-order valence-electron chi connectivity index (χ0n) is 24.5. The number of aliphatic hydroxyl groups excluding tert-OH is 2. The Morgan fingerprint density at radius 1 is 0.841 bits per heavy atom. The van der Waals surface area contributed by atoms with E-state index in [1.54, 1.807) is 30.3 Å². The number of aliphatic hydroxyl groups is 2. The van der Waals surface area contributed by atoms with E-state index in [1.165, 1.54) is 12.1 Å². The van der Waals surface area contributed by atoms with Crippen molar-refractivity contribution in [1.29, 1.82) is 0 Å². The minimum absolute atomic E-state index is 0.00218. The Hall–Kier alpha value is -3.59. The molecular formula is C35H38Cl2N2O5. The number of benzene rings is 4. The van der Waals surface area contributed by atoms with Crippen molar-refractivity contribution in [2.75, 3.05) is 13.1 Å². The first kappa shape index (κ1) is 33.3. The molecule has 4 aromatic carbocycles. The summed E-state index contributed by atoms with van der Waals surface area (Å²) in [5.74, 6) is -0.409. The molecule has 0 spiro atoms. The molecular weight excluding hydrogens is 599 g/mol. The number of aromatic hydroxyl groups is 2. The lowest BCUT2D eigenvalue weighted by molar-refractivity contribution is 0.0949. The van der Waals surface area contributed by atoms with Gasteiger partial charge in [0.25, 0.3) is 5.91 Å². The Kier molecular flexibility index (Phi) is 12.1. The molecule has 1 unspecified atom stereocenters. The summed E-state index contributed by atoms with van der Waals surface area (Å²) in [4.78, 5) is 12.7. The van der Waals surface area contributed by atoms with Gasteiger partial charge in [0.05, 0.1) is 18.3 Å². The molecule has 4 aromatic rings. The van der Waals surface area contributed by atoms with Gasteiger partial charge >= 0.3 is 0 Å². The van der Waals surface area contributed by atoms with Crippen LogP contribution in [0.3, 0.4) is 0 Å². The molecule has 0 aliphatic carbocycles. The van der Waals surface area contributed by atoms with Gasteiger partial charge in [-0.05, 0) is 90.8 Å². The summed E-state index contributed by atoms with van der Waals surface area (Å²) in [6.45, 7) is 2.43. The lowest BCUT2D eigenvalue weighted by Crippen LogP contribution is -2.32. The normalized spacial score (nSPS) is 13.3. The predicted molar refractivity (Wildman–Crippen MR) is 175 cm³/mol. The molecule has 0 saturated carbocycles. The molecule has 6 N–H and O–H groups in total. The number of phenols is 2. The average molecular weight is 638 g/mol. The SMILES string of the molecule is C[C@H](Cc1cccc(C(CCNC(=O)c2ccccc2O)Cc2c(Cl)cccc2Cl)c1)NC[C@@H](O)c1ccc(O)c(CO)c1. The van der Waals surface area contributed by atoms with Crippen LogP contribution >= 0.6 is 23.2 Å². The summed E-state index contributed by atoms with van der Waals surface area (Å²) in [6.07, 6.45) is 1.11. The second kappa shape index (κ2) is 15.9. The molecule has 232 valence electrons. The van der Waals surface area contributed by atoms with Gasteiger partial charge in [-0.25, -0.2) is 0 Å². The van der Waals surface area contributed by atoms with Crippen LogP contribution in [0.25, 0.3) is 0 Å². The van der Waals surface area contributed by atoms with Gasteiger partial charge in [0, 0.05) is 34.7 Å². The predicted octanol–water partition coefficient (Wildman–Crippen LogP) is 6.30. The molecule has 0 heterocycles. The van der Waals surface area contributed by atoms with Gasteiger partial charge in [-0.3, -0.25) is 4.79 Å². The van der Waals surface area contributed by atoms with Gasteiger partial charge in [0.15, 0.2) is 0 Å². The minimum atomic E-state index is -0.799. The fourth-order valence-corrected chi connectivity index (χ4v) is 5.80. The lowest BCUT2D eigenvalue weighted by atomic mass is 9.87. The van der Waals surface area contributed by atoms with Crippen molar-refractivity contribution in [3.63, 3.8) is 0 Å². The zero-order valence-corrected chi connectivity index (χ0v) is 26.0. The van der Waals surface area contributed by atoms with Crippen molar-refractivity contribution in [3.05, 3.63) is 128 Å². The third-order valence-electron chi connectivity index (χ3n) is 7.72. The highest BCUT2D eigenvalue weighted by Gasteiger charge is 2.19. The quantitative estimate of drug-likeness (QED) is 0.0966. The molecule has 0 saturated heterocycles. The molecule has 9 heteroatoms. The number of hydrogen-bond acceptors (Lipinski definition) is 6. The zero-order chi connectivity index (χ0) is 31.6. The molecule has 7 nitrogen and oxygen atoms in total. The standard InChI is InChI=1S/C35H38Cl2N2O5/c1-22(39-20-34(43)26-12-13-32(41)27(18-26)21-40)16-23-6-4-7-24(17-23)25(19-29-30(36)9-5-10-31(29)37)14-15-38-35(44)28-8-2-3-11-33(28)42/h2-13,17-18,22,25,34,39-43H,14-16,19-21H2,1H3,(H,38,44)/t22-,25?,34-/m1/s1. The fourth-order valence-electron chi connectivity index (χ4n) is 5.25. The monoisotopic (exact) mass is 636 g/mol. The second-order valence-electron chi connectivity index (χ2n) is 11.0. The van der Waals surface area contributed by atoms with Crippen molar-refractivity contribution < 1.29 is 25.2 Å². The fraction of sp³-hybridized carbons (Fsp3) is 0.286. The maximum absolute atomic E-state index is 12.7. The summed E-state index contributed by atoms with van der Waals surface area (Å²) in [5.41, 5.74) is 4.26. The van der Waals surface area contributed by atoms with Crippen LogP contribution in [0, 0.1) is 0 Å². The summed E-state index contributed by atoms with van der Waals surface area (Å²) in [5, 5.41) is 47.4. The molecule has 0 aliphatic rings.